The highest BCUT2D eigenvalue weighted by atomic mass is 15.2. The van der Waals surface area contributed by atoms with Gasteiger partial charge in [-0.3, -0.25) is 5.10 Å². The van der Waals surface area contributed by atoms with Gasteiger partial charge in [-0.1, -0.05) is 0 Å². The number of rotatable bonds is 1. The quantitative estimate of drug-likeness (QED) is 0.781. The summed E-state index contributed by atoms with van der Waals surface area (Å²) in [6.07, 6.45) is 6.35. The molecule has 1 aromatic rings. The van der Waals surface area contributed by atoms with E-state index in [-0.39, 0.29) is 0 Å². The second-order valence-electron chi connectivity index (χ2n) is 5.45. The van der Waals surface area contributed by atoms with E-state index in [4.69, 9.17) is 0 Å². The molecule has 1 aromatic heterocycles. The highest BCUT2D eigenvalue weighted by Gasteiger charge is 2.25. The summed E-state index contributed by atoms with van der Waals surface area (Å²) in [5, 5.41) is 11.2. The minimum atomic E-state index is 0.657. The summed E-state index contributed by atoms with van der Waals surface area (Å²) in [7, 11) is 2.22. The van der Waals surface area contributed by atoms with Crippen LogP contribution in [0.3, 0.4) is 0 Å². The highest BCUT2D eigenvalue weighted by molar-refractivity contribution is 5.48. The van der Waals surface area contributed by atoms with Crippen LogP contribution in [0, 0.1) is 0 Å². The van der Waals surface area contributed by atoms with Crippen LogP contribution in [0.2, 0.25) is 0 Å². The molecular formula is C13H22N4. The monoisotopic (exact) mass is 234 g/mol. The molecule has 0 aromatic carbocycles. The van der Waals surface area contributed by atoms with E-state index in [0.29, 0.717) is 5.92 Å². The molecule has 0 radical (unpaired) electrons. The van der Waals surface area contributed by atoms with Gasteiger partial charge in [0.05, 0.1) is 0 Å². The normalized spacial score (nSPS) is 26.1. The van der Waals surface area contributed by atoms with Crippen LogP contribution in [-0.4, -0.2) is 41.8 Å². The number of nitrogens with one attached hydrogen (secondary N) is 2. The second kappa shape index (κ2) is 4.69. The van der Waals surface area contributed by atoms with Crippen molar-refractivity contribution in [1.82, 2.24) is 15.1 Å². The number of aromatic nitrogens is 2. The third-order valence-corrected chi connectivity index (χ3v) is 4.08. The maximum absolute atomic E-state index is 4.46. The minimum absolute atomic E-state index is 0.657. The van der Waals surface area contributed by atoms with Crippen LogP contribution in [0.15, 0.2) is 0 Å². The lowest BCUT2D eigenvalue weighted by Crippen LogP contribution is -2.31. The predicted octanol–water partition coefficient (Wildman–Crippen LogP) is 1.97. The zero-order valence-electron chi connectivity index (χ0n) is 10.6. The van der Waals surface area contributed by atoms with Gasteiger partial charge in [0, 0.05) is 30.3 Å². The SMILES string of the molecule is CN1CCC[C@@H](c2[nH]nc3c2CCCCN3)C1. The molecule has 0 amide bonds. The zero-order valence-corrected chi connectivity index (χ0v) is 10.6. The fourth-order valence-corrected chi connectivity index (χ4v) is 3.15. The highest BCUT2D eigenvalue weighted by Crippen LogP contribution is 2.32. The Morgan fingerprint density at radius 2 is 2.24 bits per heavy atom. The van der Waals surface area contributed by atoms with E-state index < -0.39 is 0 Å². The van der Waals surface area contributed by atoms with Gasteiger partial charge in [-0.25, -0.2) is 0 Å². The van der Waals surface area contributed by atoms with Crippen molar-refractivity contribution in [3.63, 3.8) is 0 Å². The second-order valence-corrected chi connectivity index (χ2v) is 5.45. The summed E-state index contributed by atoms with van der Waals surface area (Å²) in [4.78, 5) is 2.44. The van der Waals surface area contributed by atoms with Crippen LogP contribution in [-0.2, 0) is 6.42 Å². The molecule has 2 aliphatic rings. The summed E-state index contributed by atoms with van der Waals surface area (Å²) in [5.74, 6) is 1.77. The number of nitrogens with zero attached hydrogens (tertiary/aromatic N) is 2. The lowest BCUT2D eigenvalue weighted by Gasteiger charge is -2.29. The Hall–Kier alpha value is -1.03. The maximum atomic E-state index is 4.46. The summed E-state index contributed by atoms with van der Waals surface area (Å²) in [6.45, 7) is 3.49. The number of H-pyrrole nitrogens is 1. The molecule has 4 nitrogen and oxygen atoms in total. The third-order valence-electron chi connectivity index (χ3n) is 4.08. The van der Waals surface area contributed by atoms with Gasteiger partial charge in [0.1, 0.15) is 0 Å². The third kappa shape index (κ3) is 2.18. The van der Waals surface area contributed by atoms with Gasteiger partial charge in [0.2, 0.25) is 0 Å². The Kier molecular flexibility index (Phi) is 3.05. The fraction of sp³-hybridized carbons (Fsp3) is 0.769. The average molecular weight is 234 g/mol. The summed E-state index contributed by atoms with van der Waals surface area (Å²) >= 11 is 0. The Morgan fingerprint density at radius 3 is 3.12 bits per heavy atom. The van der Waals surface area contributed by atoms with Crippen molar-refractivity contribution in [3.05, 3.63) is 11.3 Å². The number of fused-ring (bicyclic) bond motifs is 1. The van der Waals surface area contributed by atoms with E-state index >= 15 is 0 Å². The van der Waals surface area contributed by atoms with Gasteiger partial charge in [0.15, 0.2) is 5.82 Å². The number of hydrogen-bond acceptors (Lipinski definition) is 3. The van der Waals surface area contributed by atoms with Crippen molar-refractivity contribution < 1.29 is 0 Å². The van der Waals surface area contributed by atoms with Crippen LogP contribution < -0.4 is 5.32 Å². The van der Waals surface area contributed by atoms with E-state index in [2.05, 4.69) is 27.5 Å². The standard InChI is InChI=1S/C13H22N4/c1-17-8-4-5-10(9-17)12-11-6-2-3-7-14-13(11)16-15-12/h10H,2-9H2,1H3,(H2,14,15,16)/t10-/m1/s1. The first-order valence-electron chi connectivity index (χ1n) is 6.84. The molecule has 3 heterocycles. The number of likely N-dealkylation sites (N-methyl/N-ethyl adjacent to an activating group) is 1. The molecule has 0 spiro atoms. The molecule has 94 valence electrons. The molecule has 2 aliphatic heterocycles. The Balaban J connectivity index is 1.84. The first kappa shape index (κ1) is 11.1. The van der Waals surface area contributed by atoms with Crippen molar-refractivity contribution >= 4 is 5.82 Å². The number of anilines is 1. The molecule has 2 N–H and O–H groups in total. The number of hydrogen-bond donors (Lipinski definition) is 2. The van der Waals surface area contributed by atoms with Crippen LogP contribution in [0.5, 0.6) is 0 Å². The molecule has 1 atom stereocenters. The lowest BCUT2D eigenvalue weighted by atomic mass is 9.91. The van der Waals surface area contributed by atoms with E-state index in [1.807, 2.05) is 0 Å². The first-order valence-corrected chi connectivity index (χ1v) is 6.84. The Labute approximate surface area is 103 Å². The van der Waals surface area contributed by atoms with Crippen molar-refractivity contribution in [2.75, 3.05) is 32.0 Å². The van der Waals surface area contributed by atoms with Crippen LogP contribution in [0.1, 0.15) is 42.9 Å². The maximum Gasteiger partial charge on any atom is 0.151 e. The average Bonchev–Trinajstić information content (AvgIpc) is 2.59. The van der Waals surface area contributed by atoms with Crippen LogP contribution >= 0.6 is 0 Å². The van der Waals surface area contributed by atoms with Gasteiger partial charge in [-0.15, -0.1) is 0 Å². The van der Waals surface area contributed by atoms with Crippen molar-refractivity contribution in [3.8, 4) is 0 Å². The summed E-state index contributed by atoms with van der Waals surface area (Å²) in [6, 6.07) is 0. The molecule has 1 saturated heterocycles. The lowest BCUT2D eigenvalue weighted by molar-refractivity contribution is 0.248. The van der Waals surface area contributed by atoms with Gasteiger partial charge >= 0.3 is 0 Å². The van der Waals surface area contributed by atoms with Crippen molar-refractivity contribution in [2.45, 2.75) is 38.0 Å². The summed E-state index contributed by atoms with van der Waals surface area (Å²) in [5.41, 5.74) is 2.86. The topological polar surface area (TPSA) is 44.0 Å². The molecule has 4 heteroatoms. The van der Waals surface area contributed by atoms with Crippen LogP contribution in [0.25, 0.3) is 0 Å². The number of likely N-dealkylation sites (tertiary alicyclic amines) is 1. The molecule has 0 aliphatic carbocycles. The van der Waals surface area contributed by atoms with Gasteiger partial charge in [-0.05, 0) is 45.7 Å². The van der Waals surface area contributed by atoms with E-state index in [1.54, 1.807) is 0 Å². The largest absolute Gasteiger partial charge is 0.368 e. The molecule has 3 rings (SSSR count). The molecule has 0 saturated carbocycles. The number of aromatic amines is 1. The minimum Gasteiger partial charge on any atom is -0.368 e. The van der Waals surface area contributed by atoms with Crippen molar-refractivity contribution in [1.29, 1.82) is 0 Å². The Morgan fingerprint density at radius 1 is 1.29 bits per heavy atom. The molecule has 17 heavy (non-hydrogen) atoms. The van der Waals surface area contributed by atoms with Crippen molar-refractivity contribution in [2.24, 2.45) is 0 Å². The smallest absolute Gasteiger partial charge is 0.151 e. The first-order chi connectivity index (χ1) is 8.34. The molecule has 1 fully saturated rings. The zero-order chi connectivity index (χ0) is 11.7. The van der Waals surface area contributed by atoms with E-state index in [0.717, 1.165) is 12.4 Å². The van der Waals surface area contributed by atoms with E-state index in [9.17, 15) is 0 Å². The summed E-state index contributed by atoms with van der Waals surface area (Å²) < 4.78 is 0. The van der Waals surface area contributed by atoms with Crippen LogP contribution in [0.4, 0.5) is 5.82 Å². The molecule has 0 bridgehead atoms. The van der Waals surface area contributed by atoms with Gasteiger partial charge in [-0.2, -0.15) is 5.10 Å². The fourth-order valence-electron chi connectivity index (χ4n) is 3.15. The van der Waals surface area contributed by atoms with Gasteiger partial charge in [0.25, 0.3) is 0 Å². The van der Waals surface area contributed by atoms with E-state index in [1.165, 1.54) is 56.5 Å². The molecular weight excluding hydrogens is 212 g/mol. The Bertz CT molecular complexity index is 385. The predicted molar refractivity (Wildman–Crippen MR) is 69.5 cm³/mol. The number of piperidine rings is 1. The molecule has 0 unspecified atom stereocenters. The van der Waals surface area contributed by atoms with Gasteiger partial charge < -0.3 is 10.2 Å².